The first-order valence-corrected chi connectivity index (χ1v) is 4.20. The smallest absolute Gasteiger partial charge is 0.224 e. The van der Waals surface area contributed by atoms with Crippen LogP contribution in [0.5, 0.6) is 0 Å². The number of nitrogens with two attached hydrogens (primary N) is 1. The second-order valence-electron chi connectivity index (χ2n) is 2.78. The van der Waals surface area contributed by atoms with Gasteiger partial charge in [-0.25, -0.2) is 0 Å². The molecule has 0 spiro atoms. The summed E-state index contributed by atoms with van der Waals surface area (Å²) in [5, 5.41) is 2.82. The zero-order valence-corrected chi connectivity index (χ0v) is 7.39. The van der Waals surface area contributed by atoms with E-state index in [1.807, 2.05) is 6.92 Å². The molecule has 0 radical (unpaired) electrons. The number of carbonyl (C=O) groups excluding carboxylic acids is 1. The van der Waals surface area contributed by atoms with Crippen LogP contribution in [0.4, 0.5) is 0 Å². The summed E-state index contributed by atoms with van der Waals surface area (Å²) in [5.74, 6) is 0.0211. The number of hydrogen-bond acceptors (Lipinski definition) is 2. The molecule has 0 bridgehead atoms. The lowest BCUT2D eigenvalue weighted by atomic mass is 10.1. The highest BCUT2D eigenvalue weighted by Gasteiger charge is 2.08. The first-order chi connectivity index (χ1) is 5.22. The van der Waals surface area contributed by atoms with Gasteiger partial charge in [0.15, 0.2) is 0 Å². The van der Waals surface area contributed by atoms with Crippen molar-refractivity contribution in [3.63, 3.8) is 0 Å². The molecule has 0 aliphatic heterocycles. The summed E-state index contributed by atoms with van der Waals surface area (Å²) in [6, 6.07) is 0. The third kappa shape index (κ3) is 4.79. The number of rotatable bonds is 5. The summed E-state index contributed by atoms with van der Waals surface area (Å²) < 4.78 is 0. The third-order valence-corrected chi connectivity index (χ3v) is 1.63. The van der Waals surface area contributed by atoms with Crippen molar-refractivity contribution in [2.45, 2.75) is 26.7 Å². The van der Waals surface area contributed by atoms with E-state index >= 15 is 0 Å². The SMILES string of the molecule is CCCCNC(=O)C(C)CN. The molecule has 66 valence electrons. The lowest BCUT2D eigenvalue weighted by Crippen LogP contribution is -2.33. The summed E-state index contributed by atoms with van der Waals surface area (Å²) in [5.41, 5.74) is 5.32. The van der Waals surface area contributed by atoms with Crippen LogP contribution in [0.2, 0.25) is 0 Å². The van der Waals surface area contributed by atoms with Gasteiger partial charge in [-0.1, -0.05) is 20.3 Å². The molecule has 0 rings (SSSR count). The van der Waals surface area contributed by atoms with Crippen molar-refractivity contribution in [3.8, 4) is 0 Å². The molecule has 1 unspecified atom stereocenters. The van der Waals surface area contributed by atoms with E-state index in [9.17, 15) is 4.79 Å². The van der Waals surface area contributed by atoms with Crippen LogP contribution in [0.1, 0.15) is 26.7 Å². The Morgan fingerprint density at radius 1 is 1.64 bits per heavy atom. The Morgan fingerprint density at radius 2 is 2.27 bits per heavy atom. The molecular formula is C8H18N2O. The molecule has 3 nitrogen and oxygen atoms in total. The van der Waals surface area contributed by atoms with Gasteiger partial charge >= 0.3 is 0 Å². The van der Waals surface area contributed by atoms with Crippen LogP contribution in [-0.2, 0) is 4.79 Å². The van der Waals surface area contributed by atoms with Gasteiger partial charge in [0.2, 0.25) is 5.91 Å². The molecule has 0 aromatic heterocycles. The minimum Gasteiger partial charge on any atom is -0.356 e. The Labute approximate surface area is 68.3 Å². The van der Waals surface area contributed by atoms with E-state index in [4.69, 9.17) is 5.73 Å². The highest BCUT2D eigenvalue weighted by molar-refractivity contribution is 5.78. The van der Waals surface area contributed by atoms with E-state index < -0.39 is 0 Å². The highest BCUT2D eigenvalue weighted by Crippen LogP contribution is 1.91. The molecule has 0 aliphatic carbocycles. The van der Waals surface area contributed by atoms with Crippen LogP contribution in [-0.4, -0.2) is 19.0 Å². The largest absolute Gasteiger partial charge is 0.356 e. The van der Waals surface area contributed by atoms with E-state index in [-0.39, 0.29) is 11.8 Å². The van der Waals surface area contributed by atoms with Gasteiger partial charge in [-0.15, -0.1) is 0 Å². The summed E-state index contributed by atoms with van der Waals surface area (Å²) in [6.07, 6.45) is 2.15. The van der Waals surface area contributed by atoms with Crippen molar-refractivity contribution in [2.24, 2.45) is 11.7 Å². The van der Waals surface area contributed by atoms with E-state index in [1.165, 1.54) is 0 Å². The van der Waals surface area contributed by atoms with Crippen molar-refractivity contribution in [1.29, 1.82) is 0 Å². The van der Waals surface area contributed by atoms with Crippen molar-refractivity contribution >= 4 is 5.91 Å². The average Bonchev–Trinajstić information content (AvgIpc) is 2.03. The summed E-state index contributed by atoms with van der Waals surface area (Å²) in [4.78, 5) is 11.1. The second kappa shape index (κ2) is 6.16. The Bertz CT molecular complexity index is 115. The summed E-state index contributed by atoms with van der Waals surface area (Å²) in [6.45, 7) is 5.14. The maximum absolute atomic E-state index is 11.1. The lowest BCUT2D eigenvalue weighted by molar-refractivity contribution is -0.124. The van der Waals surface area contributed by atoms with Crippen LogP contribution in [0.3, 0.4) is 0 Å². The molecule has 11 heavy (non-hydrogen) atoms. The Kier molecular flexibility index (Phi) is 5.84. The number of hydrogen-bond donors (Lipinski definition) is 2. The molecule has 1 atom stereocenters. The van der Waals surface area contributed by atoms with E-state index in [0.717, 1.165) is 19.4 Å². The number of unbranched alkanes of at least 4 members (excludes halogenated alkanes) is 1. The minimum atomic E-state index is -0.0492. The maximum Gasteiger partial charge on any atom is 0.224 e. The van der Waals surface area contributed by atoms with Crippen LogP contribution in [0.25, 0.3) is 0 Å². The second-order valence-corrected chi connectivity index (χ2v) is 2.78. The molecule has 3 heteroatoms. The molecule has 0 aromatic rings. The standard InChI is InChI=1S/C8H18N2O/c1-3-4-5-10-8(11)7(2)6-9/h7H,3-6,9H2,1-2H3,(H,10,11). The minimum absolute atomic E-state index is 0.0492. The maximum atomic E-state index is 11.1. The first-order valence-electron chi connectivity index (χ1n) is 4.20. The predicted octanol–water partition coefficient (Wildman–Crippen LogP) is 0.497. The molecular weight excluding hydrogens is 140 g/mol. The molecule has 0 aromatic carbocycles. The lowest BCUT2D eigenvalue weighted by Gasteiger charge is -2.08. The van der Waals surface area contributed by atoms with E-state index in [1.54, 1.807) is 0 Å². The molecule has 0 saturated heterocycles. The third-order valence-electron chi connectivity index (χ3n) is 1.63. The number of amides is 1. The normalized spacial score (nSPS) is 12.6. The molecule has 1 amide bonds. The molecule has 3 N–H and O–H groups in total. The quantitative estimate of drug-likeness (QED) is 0.572. The van der Waals surface area contributed by atoms with Crippen LogP contribution >= 0.6 is 0 Å². The number of nitrogens with one attached hydrogen (secondary N) is 1. The summed E-state index contributed by atoms with van der Waals surface area (Å²) >= 11 is 0. The van der Waals surface area contributed by atoms with Crippen LogP contribution in [0, 0.1) is 5.92 Å². The monoisotopic (exact) mass is 158 g/mol. The van der Waals surface area contributed by atoms with Gasteiger partial charge in [0.05, 0.1) is 0 Å². The zero-order chi connectivity index (χ0) is 8.69. The van der Waals surface area contributed by atoms with Gasteiger partial charge in [-0.2, -0.15) is 0 Å². The fraction of sp³-hybridized carbons (Fsp3) is 0.875. The van der Waals surface area contributed by atoms with Crippen LogP contribution in [0.15, 0.2) is 0 Å². The fourth-order valence-electron chi connectivity index (χ4n) is 0.670. The zero-order valence-electron chi connectivity index (χ0n) is 7.39. The fourth-order valence-corrected chi connectivity index (χ4v) is 0.670. The van der Waals surface area contributed by atoms with E-state index in [2.05, 4.69) is 12.2 Å². The summed E-state index contributed by atoms with van der Waals surface area (Å²) in [7, 11) is 0. The first kappa shape index (κ1) is 10.4. The molecule has 0 aliphatic rings. The topological polar surface area (TPSA) is 55.1 Å². The van der Waals surface area contributed by atoms with Crippen molar-refractivity contribution in [3.05, 3.63) is 0 Å². The Hall–Kier alpha value is -0.570. The van der Waals surface area contributed by atoms with Crippen molar-refractivity contribution in [1.82, 2.24) is 5.32 Å². The number of carbonyl (C=O) groups is 1. The van der Waals surface area contributed by atoms with Gasteiger partial charge in [0.1, 0.15) is 0 Å². The van der Waals surface area contributed by atoms with Gasteiger partial charge in [-0.05, 0) is 6.42 Å². The Balaban J connectivity index is 3.36. The predicted molar refractivity (Wildman–Crippen MR) is 46.1 cm³/mol. The Morgan fingerprint density at radius 3 is 2.73 bits per heavy atom. The van der Waals surface area contributed by atoms with Gasteiger partial charge in [0, 0.05) is 19.0 Å². The van der Waals surface area contributed by atoms with Gasteiger partial charge in [-0.3, -0.25) is 4.79 Å². The van der Waals surface area contributed by atoms with Gasteiger partial charge in [0.25, 0.3) is 0 Å². The van der Waals surface area contributed by atoms with E-state index in [0.29, 0.717) is 6.54 Å². The van der Waals surface area contributed by atoms with Gasteiger partial charge < -0.3 is 11.1 Å². The molecule has 0 fully saturated rings. The van der Waals surface area contributed by atoms with Crippen molar-refractivity contribution < 1.29 is 4.79 Å². The van der Waals surface area contributed by atoms with Crippen molar-refractivity contribution in [2.75, 3.05) is 13.1 Å². The van der Waals surface area contributed by atoms with Crippen LogP contribution < -0.4 is 11.1 Å². The average molecular weight is 158 g/mol. The molecule has 0 saturated carbocycles. The highest BCUT2D eigenvalue weighted by atomic mass is 16.1. The molecule has 0 heterocycles.